The van der Waals surface area contributed by atoms with Gasteiger partial charge in [-0.2, -0.15) is 78.2 Å². The molecule has 0 aliphatic heterocycles. The van der Waals surface area contributed by atoms with Crippen molar-refractivity contribution in [3.63, 3.8) is 0 Å². The molecule has 144 heavy (non-hydrogen) atoms. The largest absolute Gasteiger partial charge is 0.493 e. The van der Waals surface area contributed by atoms with Gasteiger partial charge < -0.3 is 57.7 Å². The first kappa shape index (κ1) is 118. The molecule has 12 rings (SSSR count). The SMILES string of the molecule is CCCCN(C)Cc1[nH]ncc1-c1cc(C(F)(F)F)c(OCCOC)cc1C.CCCCN(C)Cc1[nH]ncc1-c1cc(C(F)(F)F)cc(OCCC(C)C)c1C.CCCCN(C)Cc1cn[nH]c1-c1cc(OCCCOC)cc(C(C)(F)F)c1C.CCCN(C)Cc1[nH]ncc1-c1cc(C(F)(F)F)c(Oc2ccccc2)cc1C.CCCN(C)Cc1cn[nH]c1-c1cc(C(F)(F)F)c(Oc2ccccc2)cc1F. The number of hydrogen-bond donors (Lipinski definition) is 5. The molecule has 22 nitrogen and oxygen atoms in total. The molecule has 0 bridgehead atoms. The minimum Gasteiger partial charge on any atom is -0.493 e. The van der Waals surface area contributed by atoms with E-state index in [4.69, 9.17) is 33.2 Å². The molecule has 0 aliphatic carbocycles. The lowest BCUT2D eigenvalue weighted by atomic mass is 9.94. The normalized spacial score (nSPS) is 12.0. The van der Waals surface area contributed by atoms with Gasteiger partial charge in [-0.1, -0.05) is 104 Å². The van der Waals surface area contributed by atoms with Gasteiger partial charge in [-0.05, 0) is 258 Å². The van der Waals surface area contributed by atoms with E-state index < -0.39 is 64.4 Å². The van der Waals surface area contributed by atoms with E-state index in [9.17, 15) is 65.9 Å². The van der Waals surface area contributed by atoms with Crippen molar-refractivity contribution in [2.75, 3.05) is 115 Å². The van der Waals surface area contributed by atoms with E-state index in [-0.39, 0.29) is 53.0 Å². The summed E-state index contributed by atoms with van der Waals surface area (Å²) in [6.45, 7) is 31.6. The maximum atomic E-state index is 14.8. The number of alkyl halides is 14. The first-order valence-corrected chi connectivity index (χ1v) is 48.2. The van der Waals surface area contributed by atoms with Crippen LogP contribution in [0.25, 0.3) is 55.9 Å². The van der Waals surface area contributed by atoms with E-state index >= 15 is 0 Å². The summed E-state index contributed by atoms with van der Waals surface area (Å²) in [5, 5.41) is 34.8. The Morgan fingerprint density at radius 2 is 0.743 bits per heavy atom. The molecule has 0 unspecified atom stereocenters. The number of halogens is 15. The summed E-state index contributed by atoms with van der Waals surface area (Å²) in [5.41, 5.74) is 8.20. The van der Waals surface area contributed by atoms with Crippen molar-refractivity contribution in [2.24, 2.45) is 5.92 Å². The summed E-state index contributed by atoms with van der Waals surface area (Å²) < 4.78 is 245. The number of unbranched alkanes of at least 4 members (excludes halogenated alkanes) is 3. The Balaban J connectivity index is 0.000000220. The minimum absolute atomic E-state index is 0.0309. The van der Waals surface area contributed by atoms with Crippen LogP contribution in [-0.4, -0.2) is 191 Å². The number of nitrogens with one attached hydrogen (secondary N) is 5. The number of benzene rings is 7. The molecule has 5 heterocycles. The molecule has 0 fully saturated rings. The molecular formula is C107H138F15N15O7. The molecular weight excluding hydrogens is 1890 g/mol. The number of hydrogen-bond acceptors (Lipinski definition) is 17. The molecule has 0 spiro atoms. The van der Waals surface area contributed by atoms with Crippen LogP contribution >= 0.6 is 0 Å². The molecule has 0 saturated heterocycles. The van der Waals surface area contributed by atoms with E-state index in [1.807, 2.05) is 46.1 Å². The lowest BCUT2D eigenvalue weighted by Crippen LogP contribution is -2.19. The summed E-state index contributed by atoms with van der Waals surface area (Å²) in [7, 11) is 13.0. The Kier molecular flexibility index (Phi) is 45.8. The highest BCUT2D eigenvalue weighted by atomic mass is 19.4. The zero-order valence-corrected chi connectivity index (χ0v) is 85.7. The van der Waals surface area contributed by atoms with Crippen molar-refractivity contribution in [1.82, 2.24) is 75.5 Å². The number of ether oxygens (including phenoxy) is 7. The lowest BCUT2D eigenvalue weighted by molar-refractivity contribution is -0.139. The van der Waals surface area contributed by atoms with Gasteiger partial charge in [-0.25, -0.2) is 13.2 Å². The highest BCUT2D eigenvalue weighted by Crippen LogP contribution is 2.48. The van der Waals surface area contributed by atoms with E-state index in [1.165, 1.54) is 49.7 Å². The van der Waals surface area contributed by atoms with Crippen LogP contribution in [0.2, 0.25) is 0 Å². The van der Waals surface area contributed by atoms with Gasteiger partial charge in [0.25, 0.3) is 5.92 Å². The van der Waals surface area contributed by atoms with Crippen LogP contribution in [0.15, 0.2) is 152 Å². The Labute approximate surface area is 834 Å². The average Bonchev–Trinajstić information content (AvgIpc) is 1.38. The minimum atomic E-state index is -4.72. The number of aryl methyl sites for hydroxylation is 2. The third kappa shape index (κ3) is 35.6. The molecule has 0 atom stereocenters. The van der Waals surface area contributed by atoms with Crippen molar-refractivity contribution in [3.8, 4) is 96.1 Å². The number of rotatable bonds is 46. The van der Waals surface area contributed by atoms with Crippen LogP contribution in [0.5, 0.6) is 40.2 Å². The quantitative estimate of drug-likeness (QED) is 0.0177. The summed E-state index contributed by atoms with van der Waals surface area (Å²) in [6.07, 6.45) is -0.286. The van der Waals surface area contributed by atoms with Crippen molar-refractivity contribution in [2.45, 2.75) is 211 Å². The molecule has 37 heteroatoms. The van der Waals surface area contributed by atoms with Gasteiger partial charge in [0.05, 0.1) is 102 Å². The Morgan fingerprint density at radius 1 is 0.340 bits per heavy atom. The fraction of sp³-hybridized carbons (Fsp3) is 0.467. The van der Waals surface area contributed by atoms with Crippen LogP contribution in [0, 0.1) is 39.4 Å². The van der Waals surface area contributed by atoms with Gasteiger partial charge in [0.1, 0.15) is 52.7 Å². The molecule has 0 saturated carbocycles. The first-order chi connectivity index (χ1) is 68.3. The van der Waals surface area contributed by atoms with Crippen LogP contribution in [-0.2, 0) is 72.8 Å². The van der Waals surface area contributed by atoms with Gasteiger partial charge in [-0.15, -0.1) is 0 Å². The van der Waals surface area contributed by atoms with Gasteiger partial charge in [0, 0.05) is 117 Å². The maximum absolute atomic E-state index is 14.8. The van der Waals surface area contributed by atoms with Crippen molar-refractivity contribution >= 4 is 0 Å². The third-order valence-electron chi connectivity index (χ3n) is 23.4. The van der Waals surface area contributed by atoms with Gasteiger partial charge in [0.2, 0.25) is 0 Å². The third-order valence-corrected chi connectivity index (χ3v) is 23.4. The summed E-state index contributed by atoms with van der Waals surface area (Å²) in [5.74, 6) is -3.11. The number of aromatic amines is 5. The van der Waals surface area contributed by atoms with Gasteiger partial charge in [-0.3, -0.25) is 25.5 Å². The predicted molar refractivity (Wildman–Crippen MR) is 533 cm³/mol. The Hall–Kier alpha value is -11.7. The number of nitrogens with zero attached hydrogens (tertiary/aromatic N) is 10. The molecule has 0 amide bonds. The van der Waals surface area contributed by atoms with Crippen molar-refractivity contribution < 1.29 is 99.0 Å². The van der Waals surface area contributed by atoms with Crippen molar-refractivity contribution in [3.05, 3.63) is 236 Å². The second-order valence-electron chi connectivity index (χ2n) is 36.3. The average molecular weight is 2030 g/mol. The summed E-state index contributed by atoms with van der Waals surface area (Å²) in [4.78, 5) is 10.6. The lowest BCUT2D eigenvalue weighted by Gasteiger charge is -2.20. The number of aromatic nitrogens is 10. The summed E-state index contributed by atoms with van der Waals surface area (Å²) >= 11 is 0. The smallest absolute Gasteiger partial charge is 0.420 e. The van der Waals surface area contributed by atoms with Crippen LogP contribution in [0.3, 0.4) is 0 Å². The van der Waals surface area contributed by atoms with Crippen LogP contribution in [0.1, 0.15) is 198 Å². The standard InChI is InChI=1S/C22H24F3N3O.C22H32F3N3O.C22H33F2N3O2.C21H21F4N3O.C20H28F3N3O2/c1-4-10-28(3)14-20-18(13-26-27-20)17-12-19(22(23,24)25)21(11-15(17)2)29-16-8-6-5-7-9-16;1-6-7-9-28(5)14-20-19(13-26-27-20)18-11-17(22(23,24)25)12-21(16(18)4)29-10-8-15(2)3;1-6-7-9-27(4)15-17-14-25-26-21(17)19-12-18(29-11-8-10-28-5)13-20(16(19)2)22(3,23)24;1-3-9-28(2)13-14-12-26-27-20(14)16-10-17(21(23,24)25)19(11-18(16)22)29-15-7-5-4-6-8-15;1-5-6-7-26(3)13-18-16(12-24-25-18)15-11-17(20(21,22)23)19(10-14(15)2)28-9-8-27-4/h5-9,11-13H,4,10,14H2,1-3H3,(H,26,27);11-13,15H,6-10,14H2,1-5H3,(H,26,27);12-14H,6-11,15H2,1-5H3,(H,25,26);4-8,10-12H,3,9,13H2,1-2H3,(H,26,27);10-12H,5-9,13H2,1-4H3,(H,24,25). The van der Waals surface area contributed by atoms with E-state index in [0.29, 0.717) is 143 Å². The fourth-order valence-electron chi connectivity index (χ4n) is 15.8. The molecule has 5 aromatic heterocycles. The monoisotopic (exact) mass is 2030 g/mol. The Morgan fingerprint density at radius 3 is 1.17 bits per heavy atom. The molecule has 788 valence electrons. The maximum Gasteiger partial charge on any atom is 0.420 e. The summed E-state index contributed by atoms with van der Waals surface area (Å²) in [6, 6.07) is 28.7. The highest BCUT2D eigenvalue weighted by molar-refractivity contribution is 5.75. The first-order valence-electron chi connectivity index (χ1n) is 48.2. The van der Waals surface area contributed by atoms with E-state index in [0.717, 1.165) is 156 Å². The van der Waals surface area contributed by atoms with Crippen LogP contribution in [0.4, 0.5) is 65.9 Å². The fourth-order valence-corrected chi connectivity index (χ4v) is 15.8. The highest BCUT2D eigenvalue weighted by Gasteiger charge is 2.40. The molecule has 12 aromatic rings. The van der Waals surface area contributed by atoms with E-state index in [2.05, 4.69) is 119 Å². The van der Waals surface area contributed by atoms with E-state index in [1.54, 1.807) is 108 Å². The van der Waals surface area contributed by atoms with Crippen molar-refractivity contribution in [1.29, 1.82) is 0 Å². The number of para-hydroxylation sites is 2. The zero-order chi connectivity index (χ0) is 106. The second-order valence-corrected chi connectivity index (χ2v) is 36.3. The molecule has 5 N–H and O–H groups in total. The predicted octanol–water partition coefficient (Wildman–Crippen LogP) is 27.8. The second kappa shape index (κ2) is 56.1. The van der Waals surface area contributed by atoms with Gasteiger partial charge >= 0.3 is 24.7 Å². The van der Waals surface area contributed by atoms with Gasteiger partial charge in [0.15, 0.2) is 0 Å². The van der Waals surface area contributed by atoms with Crippen LogP contribution < -0.4 is 23.7 Å². The number of H-pyrrole nitrogens is 5. The molecule has 0 radical (unpaired) electrons. The number of methoxy groups -OCH3 is 2. The molecule has 0 aliphatic rings. The molecule has 7 aromatic carbocycles. The topological polar surface area (TPSA) is 224 Å². The Bertz CT molecular complexity index is 5690. The zero-order valence-electron chi connectivity index (χ0n) is 85.7.